The number of nitrogens with zero attached hydrogens (tertiary/aromatic N) is 1. The van der Waals surface area contributed by atoms with Crippen LogP contribution in [0.4, 0.5) is 0 Å². The number of pyridine rings is 1. The van der Waals surface area contributed by atoms with Gasteiger partial charge in [-0.2, -0.15) is 0 Å². The predicted molar refractivity (Wildman–Crippen MR) is 114 cm³/mol. The minimum Gasteiger partial charge on any atom is -0.487 e. The lowest BCUT2D eigenvalue weighted by molar-refractivity contribution is -0.146. The Balaban J connectivity index is 1.94. The molecular weight excluding hydrogens is 382 g/mol. The minimum absolute atomic E-state index is 0.151. The number of carbonyl (C=O) groups excluding carboxylic acids is 2. The third kappa shape index (κ3) is 5.23. The molecule has 6 heteroatoms. The highest BCUT2D eigenvalue weighted by atomic mass is 16.6. The van der Waals surface area contributed by atoms with E-state index >= 15 is 0 Å². The molecule has 0 unspecified atom stereocenters. The van der Waals surface area contributed by atoms with Crippen LogP contribution in [0.3, 0.4) is 0 Å². The fourth-order valence-corrected chi connectivity index (χ4v) is 2.83. The van der Waals surface area contributed by atoms with Crippen molar-refractivity contribution in [2.45, 2.75) is 20.5 Å². The van der Waals surface area contributed by atoms with Gasteiger partial charge in [-0.25, -0.2) is 14.6 Å². The molecule has 3 rings (SSSR count). The van der Waals surface area contributed by atoms with E-state index in [1.54, 1.807) is 19.9 Å². The molecule has 154 valence electrons. The van der Waals surface area contributed by atoms with Crippen LogP contribution in [-0.2, 0) is 25.7 Å². The van der Waals surface area contributed by atoms with Gasteiger partial charge in [-0.3, -0.25) is 0 Å². The second kappa shape index (κ2) is 10.2. The van der Waals surface area contributed by atoms with Crippen molar-refractivity contribution in [1.82, 2.24) is 4.98 Å². The van der Waals surface area contributed by atoms with Gasteiger partial charge in [0.15, 0.2) is 0 Å². The lowest BCUT2D eigenvalue weighted by Crippen LogP contribution is -2.18. The summed E-state index contributed by atoms with van der Waals surface area (Å²) in [6, 6.07) is 19.1. The van der Waals surface area contributed by atoms with Gasteiger partial charge in [-0.1, -0.05) is 48.5 Å². The largest absolute Gasteiger partial charge is 0.487 e. The molecule has 0 aliphatic carbocycles. The van der Waals surface area contributed by atoms with Gasteiger partial charge in [0.05, 0.1) is 18.9 Å². The van der Waals surface area contributed by atoms with E-state index in [1.807, 2.05) is 54.6 Å². The molecule has 0 radical (unpaired) electrons. The van der Waals surface area contributed by atoms with Gasteiger partial charge in [-0.05, 0) is 37.6 Å². The van der Waals surface area contributed by atoms with Crippen molar-refractivity contribution in [1.29, 1.82) is 0 Å². The summed E-state index contributed by atoms with van der Waals surface area (Å²) in [4.78, 5) is 29.0. The maximum atomic E-state index is 12.2. The Morgan fingerprint density at radius 3 is 2.23 bits per heavy atom. The Bertz CT molecular complexity index is 1040. The molecule has 0 bridgehead atoms. The lowest BCUT2D eigenvalue weighted by atomic mass is 10.1. The number of aromatic nitrogens is 1. The number of benzene rings is 2. The summed E-state index contributed by atoms with van der Waals surface area (Å²) < 4.78 is 15.9. The topological polar surface area (TPSA) is 74.7 Å². The molecule has 0 saturated carbocycles. The van der Waals surface area contributed by atoms with E-state index in [0.29, 0.717) is 23.6 Å². The molecule has 0 amide bonds. The van der Waals surface area contributed by atoms with Gasteiger partial charge in [0.2, 0.25) is 0 Å². The van der Waals surface area contributed by atoms with Crippen molar-refractivity contribution < 1.29 is 23.8 Å². The molecule has 0 aliphatic heterocycles. The van der Waals surface area contributed by atoms with E-state index in [4.69, 9.17) is 14.2 Å². The van der Waals surface area contributed by atoms with Crippen molar-refractivity contribution >= 4 is 28.9 Å². The zero-order valence-corrected chi connectivity index (χ0v) is 17.0. The molecule has 1 aromatic heterocycles. The number of hydrogen-bond acceptors (Lipinski definition) is 6. The lowest BCUT2D eigenvalue weighted by Gasteiger charge is -2.10. The number of ether oxygens (including phenoxy) is 3. The van der Waals surface area contributed by atoms with Crippen LogP contribution >= 0.6 is 0 Å². The Hall–Kier alpha value is -3.67. The molecule has 30 heavy (non-hydrogen) atoms. The standard InChI is InChI=1S/C24H23NO5/c1-3-28-23(26)20(24(27)29-4-2)15-19-14-13-18-11-8-12-21(22(18)25-19)30-16-17-9-6-5-7-10-17/h5-15H,3-4,16H2,1-2H3. The van der Waals surface area contributed by atoms with Gasteiger partial charge >= 0.3 is 11.9 Å². The molecule has 0 spiro atoms. The summed E-state index contributed by atoms with van der Waals surface area (Å²) in [6.45, 7) is 4.05. The number of carbonyl (C=O) groups is 2. The predicted octanol–water partition coefficient (Wildman–Crippen LogP) is 4.32. The van der Waals surface area contributed by atoms with Crippen LogP contribution in [0.5, 0.6) is 5.75 Å². The van der Waals surface area contributed by atoms with E-state index in [-0.39, 0.29) is 18.8 Å². The highest BCUT2D eigenvalue weighted by Gasteiger charge is 2.21. The first kappa shape index (κ1) is 21.0. The number of esters is 2. The van der Waals surface area contributed by atoms with E-state index in [1.165, 1.54) is 6.08 Å². The summed E-state index contributed by atoms with van der Waals surface area (Å²) in [7, 11) is 0. The van der Waals surface area contributed by atoms with Gasteiger partial charge in [0.25, 0.3) is 0 Å². The molecule has 2 aromatic carbocycles. The van der Waals surface area contributed by atoms with Gasteiger partial charge in [-0.15, -0.1) is 0 Å². The zero-order valence-electron chi connectivity index (χ0n) is 17.0. The normalized spacial score (nSPS) is 10.3. The van der Waals surface area contributed by atoms with Crippen LogP contribution in [0.1, 0.15) is 25.1 Å². The maximum absolute atomic E-state index is 12.2. The second-order valence-electron chi connectivity index (χ2n) is 6.34. The van der Waals surface area contributed by atoms with Gasteiger partial charge in [0.1, 0.15) is 23.4 Å². The van der Waals surface area contributed by atoms with E-state index in [2.05, 4.69) is 4.98 Å². The molecule has 0 saturated heterocycles. The Labute approximate surface area is 175 Å². The monoisotopic (exact) mass is 405 g/mol. The van der Waals surface area contributed by atoms with Crippen LogP contribution in [0.25, 0.3) is 17.0 Å². The van der Waals surface area contributed by atoms with Crippen LogP contribution < -0.4 is 4.74 Å². The average molecular weight is 405 g/mol. The van der Waals surface area contributed by atoms with E-state index in [9.17, 15) is 9.59 Å². The third-order valence-electron chi connectivity index (χ3n) is 4.22. The Morgan fingerprint density at radius 1 is 0.867 bits per heavy atom. The average Bonchev–Trinajstić information content (AvgIpc) is 2.77. The van der Waals surface area contributed by atoms with Crippen molar-refractivity contribution in [3.63, 3.8) is 0 Å². The van der Waals surface area contributed by atoms with Crippen molar-refractivity contribution in [2.24, 2.45) is 0 Å². The number of fused-ring (bicyclic) bond motifs is 1. The smallest absolute Gasteiger partial charge is 0.345 e. The van der Waals surface area contributed by atoms with Crippen molar-refractivity contribution in [2.75, 3.05) is 13.2 Å². The van der Waals surface area contributed by atoms with E-state index in [0.717, 1.165) is 10.9 Å². The third-order valence-corrected chi connectivity index (χ3v) is 4.22. The zero-order chi connectivity index (χ0) is 21.3. The molecule has 0 aliphatic rings. The fourth-order valence-electron chi connectivity index (χ4n) is 2.83. The van der Waals surface area contributed by atoms with Gasteiger partial charge < -0.3 is 14.2 Å². The quantitative estimate of drug-likeness (QED) is 0.240. The van der Waals surface area contributed by atoms with Crippen LogP contribution in [0, 0.1) is 0 Å². The first-order valence-corrected chi connectivity index (χ1v) is 9.74. The second-order valence-corrected chi connectivity index (χ2v) is 6.34. The number of para-hydroxylation sites is 1. The van der Waals surface area contributed by atoms with Crippen LogP contribution in [0.15, 0.2) is 66.2 Å². The minimum atomic E-state index is -0.744. The summed E-state index contributed by atoms with van der Waals surface area (Å²) in [6.07, 6.45) is 1.38. The summed E-state index contributed by atoms with van der Waals surface area (Å²) >= 11 is 0. The summed E-state index contributed by atoms with van der Waals surface area (Å²) in [5.41, 5.74) is 1.90. The highest BCUT2D eigenvalue weighted by Crippen LogP contribution is 2.25. The van der Waals surface area contributed by atoms with E-state index < -0.39 is 11.9 Å². The Kier molecular flexibility index (Phi) is 7.16. The molecule has 0 fully saturated rings. The van der Waals surface area contributed by atoms with Crippen molar-refractivity contribution in [3.05, 3.63) is 77.5 Å². The molecule has 3 aromatic rings. The molecular formula is C24H23NO5. The summed E-state index contributed by atoms with van der Waals surface area (Å²) in [5, 5.41) is 0.881. The maximum Gasteiger partial charge on any atom is 0.345 e. The highest BCUT2D eigenvalue weighted by molar-refractivity contribution is 6.17. The van der Waals surface area contributed by atoms with Crippen molar-refractivity contribution in [3.8, 4) is 5.75 Å². The van der Waals surface area contributed by atoms with Gasteiger partial charge in [0, 0.05) is 5.39 Å². The van der Waals surface area contributed by atoms with Crippen LogP contribution in [-0.4, -0.2) is 30.1 Å². The molecule has 0 atom stereocenters. The molecule has 1 heterocycles. The van der Waals surface area contributed by atoms with Crippen LogP contribution in [0.2, 0.25) is 0 Å². The Morgan fingerprint density at radius 2 is 1.57 bits per heavy atom. The SMILES string of the molecule is CCOC(=O)C(=Cc1ccc2cccc(OCc3ccccc3)c2n1)C(=O)OCC. The summed E-state index contributed by atoms with van der Waals surface area (Å²) in [5.74, 6) is -0.877. The number of hydrogen-bond donors (Lipinski definition) is 0. The first-order valence-electron chi connectivity index (χ1n) is 9.74. The fraction of sp³-hybridized carbons (Fsp3) is 0.208. The number of rotatable bonds is 8. The molecule has 0 N–H and O–H groups in total. The first-order chi connectivity index (χ1) is 14.6. The molecule has 6 nitrogen and oxygen atoms in total.